The number of benzene rings is 1. The van der Waals surface area contributed by atoms with Crippen LogP contribution in [0.2, 0.25) is 0 Å². The first-order valence-electron chi connectivity index (χ1n) is 8.69. The van der Waals surface area contributed by atoms with Gasteiger partial charge in [0.2, 0.25) is 5.91 Å². The molecule has 3 aliphatic rings. The van der Waals surface area contributed by atoms with Gasteiger partial charge in [0.1, 0.15) is 5.82 Å². The lowest BCUT2D eigenvalue weighted by molar-refractivity contribution is -0.133. The number of piperidine rings is 1. The van der Waals surface area contributed by atoms with Gasteiger partial charge in [-0.15, -0.1) is 24.8 Å². The van der Waals surface area contributed by atoms with E-state index < -0.39 is 0 Å². The average Bonchev–Trinajstić information content (AvgIpc) is 3.28. The minimum Gasteiger partial charge on any atom is -0.366 e. The molecule has 1 aliphatic carbocycles. The first kappa shape index (κ1) is 20.3. The third kappa shape index (κ3) is 3.88. The van der Waals surface area contributed by atoms with Gasteiger partial charge in [0.05, 0.1) is 5.69 Å². The van der Waals surface area contributed by atoms with Crippen molar-refractivity contribution in [3.8, 4) is 0 Å². The van der Waals surface area contributed by atoms with Gasteiger partial charge in [0.25, 0.3) is 0 Å². The van der Waals surface area contributed by atoms with E-state index in [4.69, 9.17) is 0 Å². The molecular weight excluding hydrogens is 364 g/mol. The van der Waals surface area contributed by atoms with Gasteiger partial charge in [-0.1, -0.05) is 12.1 Å². The number of amides is 1. The summed E-state index contributed by atoms with van der Waals surface area (Å²) in [7, 11) is 0. The van der Waals surface area contributed by atoms with Crippen molar-refractivity contribution < 1.29 is 9.18 Å². The Labute approximate surface area is 160 Å². The van der Waals surface area contributed by atoms with Crippen LogP contribution >= 0.6 is 24.8 Å². The summed E-state index contributed by atoms with van der Waals surface area (Å²) in [5, 5.41) is 3.38. The van der Waals surface area contributed by atoms with Crippen molar-refractivity contribution >= 4 is 36.4 Å². The Morgan fingerprint density at radius 1 is 1.08 bits per heavy atom. The van der Waals surface area contributed by atoms with E-state index in [1.165, 1.54) is 6.07 Å². The molecule has 2 saturated heterocycles. The van der Waals surface area contributed by atoms with Crippen molar-refractivity contribution in [3.63, 3.8) is 0 Å². The average molecular weight is 390 g/mol. The van der Waals surface area contributed by atoms with Crippen LogP contribution in [0, 0.1) is 17.2 Å². The van der Waals surface area contributed by atoms with Crippen LogP contribution in [0.15, 0.2) is 24.3 Å². The Kier molecular flexibility index (Phi) is 6.57. The van der Waals surface area contributed by atoms with Crippen LogP contribution in [0.3, 0.4) is 0 Å². The minimum atomic E-state index is -0.178. The second-order valence-corrected chi connectivity index (χ2v) is 7.13. The number of rotatable bonds is 2. The molecule has 0 radical (unpaired) electrons. The largest absolute Gasteiger partial charge is 0.366 e. The van der Waals surface area contributed by atoms with Crippen LogP contribution in [-0.4, -0.2) is 50.1 Å². The summed E-state index contributed by atoms with van der Waals surface area (Å²) in [5.41, 5.74) is 0.950. The van der Waals surface area contributed by atoms with Crippen LogP contribution in [0.1, 0.15) is 19.3 Å². The topological polar surface area (TPSA) is 35.6 Å². The second kappa shape index (κ2) is 8.11. The van der Waals surface area contributed by atoms with Crippen LogP contribution in [0.25, 0.3) is 0 Å². The van der Waals surface area contributed by atoms with E-state index in [-0.39, 0.29) is 36.5 Å². The van der Waals surface area contributed by atoms with Gasteiger partial charge >= 0.3 is 0 Å². The van der Waals surface area contributed by atoms with Gasteiger partial charge in [-0.2, -0.15) is 0 Å². The molecule has 1 aromatic carbocycles. The zero-order chi connectivity index (χ0) is 15.9. The summed E-state index contributed by atoms with van der Waals surface area (Å²) in [6.07, 6.45) is 3.35. The number of hydrogen-bond donors (Lipinski definition) is 1. The fraction of sp³-hybridized carbons (Fsp3) is 0.611. The molecule has 1 amide bonds. The standard InChI is InChI=1S/C18H24FN3O.2ClH/c19-15-3-1-2-4-16(15)21-9-11-22(12-10-21)17(23)14-13-18(14)5-7-20-8-6-18;;/h1-4,14,20H,5-13H2;2*1H. The Hall–Kier alpha value is -1.04. The van der Waals surface area contributed by atoms with Crippen LogP contribution in [-0.2, 0) is 4.79 Å². The number of nitrogens with zero attached hydrogens (tertiary/aromatic N) is 2. The predicted molar refractivity (Wildman–Crippen MR) is 102 cm³/mol. The maximum Gasteiger partial charge on any atom is 0.226 e. The minimum absolute atomic E-state index is 0. The zero-order valence-corrected chi connectivity index (χ0v) is 15.9. The van der Waals surface area contributed by atoms with Crippen molar-refractivity contribution in [2.24, 2.45) is 11.3 Å². The number of carbonyl (C=O) groups excluding carboxylic acids is 1. The molecule has 0 aromatic heterocycles. The lowest BCUT2D eigenvalue weighted by Crippen LogP contribution is -2.50. The first-order valence-corrected chi connectivity index (χ1v) is 8.69. The van der Waals surface area contributed by atoms with E-state index in [0.29, 0.717) is 43.2 Å². The first-order chi connectivity index (χ1) is 11.2. The SMILES string of the molecule is Cl.Cl.O=C(C1CC12CCNCC2)N1CCN(c2ccccc2F)CC1. The van der Waals surface area contributed by atoms with Gasteiger partial charge in [-0.3, -0.25) is 4.79 Å². The van der Waals surface area contributed by atoms with Crippen molar-refractivity contribution in [3.05, 3.63) is 30.1 Å². The Morgan fingerprint density at radius 3 is 2.36 bits per heavy atom. The molecule has 3 fully saturated rings. The molecule has 1 spiro atoms. The summed E-state index contributed by atoms with van der Waals surface area (Å²) in [6.45, 7) is 4.94. The van der Waals surface area contributed by atoms with Crippen LogP contribution in [0.4, 0.5) is 10.1 Å². The molecule has 0 bridgehead atoms. The normalized spacial score (nSPS) is 24.3. The highest BCUT2D eigenvalue weighted by molar-refractivity contribution is 5.85. The molecule has 2 aliphatic heterocycles. The van der Waals surface area contributed by atoms with Crippen LogP contribution < -0.4 is 10.2 Å². The van der Waals surface area contributed by atoms with Crippen molar-refractivity contribution in [2.45, 2.75) is 19.3 Å². The third-order valence-electron chi connectivity index (χ3n) is 5.87. The Bertz CT molecular complexity index is 602. The zero-order valence-electron chi connectivity index (χ0n) is 14.2. The van der Waals surface area contributed by atoms with E-state index in [1.807, 2.05) is 21.9 Å². The molecule has 1 aromatic rings. The number of carbonyl (C=O) groups is 1. The van der Waals surface area contributed by atoms with E-state index in [9.17, 15) is 9.18 Å². The summed E-state index contributed by atoms with van der Waals surface area (Å²) in [5.74, 6) is 0.396. The fourth-order valence-electron chi connectivity index (χ4n) is 4.27. The van der Waals surface area contributed by atoms with Crippen molar-refractivity contribution in [1.29, 1.82) is 0 Å². The number of halogens is 3. The van der Waals surface area contributed by atoms with Gasteiger partial charge in [-0.05, 0) is 49.9 Å². The predicted octanol–water partition coefficient (Wildman–Crippen LogP) is 2.71. The quantitative estimate of drug-likeness (QED) is 0.844. The molecular formula is C18H26Cl2FN3O. The molecule has 4 rings (SSSR count). The smallest absolute Gasteiger partial charge is 0.226 e. The number of hydrogen-bond acceptors (Lipinski definition) is 3. The van der Waals surface area contributed by atoms with Crippen molar-refractivity contribution in [1.82, 2.24) is 10.2 Å². The fourth-order valence-corrected chi connectivity index (χ4v) is 4.27. The third-order valence-corrected chi connectivity index (χ3v) is 5.87. The summed E-state index contributed by atoms with van der Waals surface area (Å²) >= 11 is 0. The second-order valence-electron chi connectivity index (χ2n) is 7.13. The van der Waals surface area contributed by atoms with Crippen LogP contribution in [0.5, 0.6) is 0 Å². The molecule has 4 nitrogen and oxygen atoms in total. The van der Waals surface area contributed by atoms with E-state index >= 15 is 0 Å². The number of piperazine rings is 1. The summed E-state index contributed by atoms with van der Waals surface area (Å²) in [6, 6.07) is 6.89. The number of nitrogens with one attached hydrogen (secondary N) is 1. The number of anilines is 1. The molecule has 1 N–H and O–H groups in total. The van der Waals surface area contributed by atoms with Crippen molar-refractivity contribution in [2.75, 3.05) is 44.2 Å². The van der Waals surface area contributed by atoms with Gasteiger partial charge in [0.15, 0.2) is 0 Å². The molecule has 1 atom stereocenters. The van der Waals surface area contributed by atoms with Gasteiger partial charge in [0, 0.05) is 32.1 Å². The van der Waals surface area contributed by atoms with E-state index in [0.717, 1.165) is 32.4 Å². The molecule has 7 heteroatoms. The Morgan fingerprint density at radius 2 is 1.72 bits per heavy atom. The molecule has 1 unspecified atom stereocenters. The lowest BCUT2D eigenvalue weighted by Gasteiger charge is -2.37. The summed E-state index contributed by atoms with van der Waals surface area (Å²) < 4.78 is 13.9. The molecule has 25 heavy (non-hydrogen) atoms. The highest BCUT2D eigenvalue weighted by atomic mass is 35.5. The maximum atomic E-state index is 13.9. The molecule has 2 heterocycles. The van der Waals surface area contributed by atoms with Gasteiger partial charge < -0.3 is 15.1 Å². The lowest BCUT2D eigenvalue weighted by atomic mass is 9.91. The maximum absolute atomic E-state index is 13.9. The molecule has 1 saturated carbocycles. The number of para-hydroxylation sites is 1. The van der Waals surface area contributed by atoms with Gasteiger partial charge in [-0.25, -0.2) is 4.39 Å². The highest BCUT2D eigenvalue weighted by Gasteiger charge is 2.58. The Balaban J connectivity index is 0.00000113. The monoisotopic (exact) mass is 389 g/mol. The highest BCUT2D eigenvalue weighted by Crippen LogP contribution is 2.59. The summed E-state index contributed by atoms with van der Waals surface area (Å²) in [4.78, 5) is 16.8. The van der Waals surface area contributed by atoms with E-state index in [1.54, 1.807) is 6.07 Å². The van der Waals surface area contributed by atoms with E-state index in [2.05, 4.69) is 5.32 Å². The molecule has 140 valence electrons.